The van der Waals surface area contributed by atoms with Crippen LogP contribution in [0.3, 0.4) is 0 Å². The van der Waals surface area contributed by atoms with Gasteiger partial charge < -0.3 is 16.0 Å². The van der Waals surface area contributed by atoms with Crippen molar-refractivity contribution >= 4 is 23.3 Å². The molecule has 0 unspecified atom stereocenters. The van der Waals surface area contributed by atoms with E-state index in [1.807, 2.05) is 25.1 Å². The van der Waals surface area contributed by atoms with Gasteiger partial charge in [-0.3, -0.25) is 10.1 Å². The maximum atomic E-state index is 10.7. The van der Waals surface area contributed by atoms with Crippen LogP contribution in [-0.2, 0) is 0 Å². The first-order chi connectivity index (χ1) is 11.5. The van der Waals surface area contributed by atoms with Gasteiger partial charge >= 0.3 is 5.69 Å². The molecule has 2 aromatic heterocycles. The van der Waals surface area contributed by atoms with Crippen LogP contribution in [0, 0.1) is 17.0 Å². The molecule has 0 amide bonds. The maximum absolute atomic E-state index is 10.7. The quantitative estimate of drug-likeness (QED) is 0.642. The van der Waals surface area contributed by atoms with Crippen molar-refractivity contribution in [3.63, 3.8) is 0 Å². The van der Waals surface area contributed by atoms with Crippen molar-refractivity contribution in [2.75, 3.05) is 29.0 Å². The van der Waals surface area contributed by atoms with Crippen molar-refractivity contribution in [2.45, 2.75) is 25.8 Å². The predicted octanol–water partition coefficient (Wildman–Crippen LogP) is 1.75. The number of nitrogen functional groups attached to an aromatic ring is 1. The van der Waals surface area contributed by atoms with E-state index in [0.29, 0.717) is 5.95 Å². The van der Waals surface area contributed by atoms with Crippen molar-refractivity contribution < 1.29 is 4.92 Å². The second kappa shape index (κ2) is 6.65. The molecule has 3 rings (SSSR count). The first kappa shape index (κ1) is 15.9. The Morgan fingerprint density at radius 2 is 2.08 bits per heavy atom. The third-order valence-corrected chi connectivity index (χ3v) is 4.02. The van der Waals surface area contributed by atoms with Gasteiger partial charge in [-0.15, -0.1) is 0 Å². The van der Waals surface area contributed by atoms with E-state index >= 15 is 0 Å². The lowest BCUT2D eigenvalue weighted by atomic mass is 10.1. The van der Waals surface area contributed by atoms with E-state index in [9.17, 15) is 10.1 Å². The van der Waals surface area contributed by atoms with Crippen LogP contribution in [0.15, 0.2) is 24.4 Å². The molecular formula is C15H19N7O2. The molecule has 1 aliphatic rings. The van der Waals surface area contributed by atoms with E-state index in [4.69, 9.17) is 5.73 Å². The summed E-state index contributed by atoms with van der Waals surface area (Å²) < 4.78 is 0. The first-order valence-corrected chi connectivity index (χ1v) is 7.75. The number of hydrogen-bond acceptors (Lipinski definition) is 8. The van der Waals surface area contributed by atoms with Gasteiger partial charge in [-0.05, 0) is 31.9 Å². The van der Waals surface area contributed by atoms with Crippen molar-refractivity contribution in [1.82, 2.24) is 15.0 Å². The summed E-state index contributed by atoms with van der Waals surface area (Å²) in [7, 11) is 0. The van der Waals surface area contributed by atoms with Gasteiger partial charge in [0.05, 0.1) is 4.92 Å². The van der Waals surface area contributed by atoms with Crippen LogP contribution in [0.4, 0.5) is 23.3 Å². The zero-order valence-corrected chi connectivity index (χ0v) is 13.3. The summed E-state index contributed by atoms with van der Waals surface area (Å²) in [5.74, 6) is 1.19. The van der Waals surface area contributed by atoms with E-state index in [1.54, 1.807) is 0 Å². The van der Waals surface area contributed by atoms with Gasteiger partial charge in [-0.25, -0.2) is 9.97 Å². The molecule has 126 valence electrons. The number of nitrogens with one attached hydrogen (secondary N) is 1. The van der Waals surface area contributed by atoms with Gasteiger partial charge in [-0.1, -0.05) is 6.07 Å². The van der Waals surface area contributed by atoms with Gasteiger partial charge in [0.1, 0.15) is 12.0 Å². The molecular weight excluding hydrogens is 310 g/mol. The summed E-state index contributed by atoms with van der Waals surface area (Å²) in [6.45, 7) is 3.72. The van der Waals surface area contributed by atoms with E-state index in [0.717, 1.165) is 43.6 Å². The molecule has 0 bridgehead atoms. The van der Waals surface area contributed by atoms with E-state index in [-0.39, 0.29) is 17.5 Å². The molecule has 9 nitrogen and oxygen atoms in total. The Morgan fingerprint density at radius 3 is 2.71 bits per heavy atom. The van der Waals surface area contributed by atoms with Gasteiger partial charge in [0, 0.05) is 24.8 Å². The Bertz CT molecular complexity index is 744. The van der Waals surface area contributed by atoms with Crippen LogP contribution in [-0.4, -0.2) is 39.0 Å². The van der Waals surface area contributed by atoms with Gasteiger partial charge in [0.15, 0.2) is 0 Å². The highest BCUT2D eigenvalue weighted by Crippen LogP contribution is 2.22. The third kappa shape index (κ3) is 3.50. The Hall–Kier alpha value is -2.97. The first-order valence-electron chi connectivity index (χ1n) is 7.75. The van der Waals surface area contributed by atoms with Crippen LogP contribution in [0.5, 0.6) is 0 Å². The molecule has 0 aromatic carbocycles. The molecule has 1 saturated heterocycles. The van der Waals surface area contributed by atoms with Crippen LogP contribution >= 0.6 is 0 Å². The lowest BCUT2D eigenvalue weighted by Gasteiger charge is -2.33. The fraction of sp³-hybridized carbons (Fsp3) is 0.400. The van der Waals surface area contributed by atoms with E-state index in [2.05, 4.69) is 25.2 Å². The largest absolute Gasteiger partial charge is 0.378 e. The molecule has 3 N–H and O–H groups in total. The molecule has 1 fully saturated rings. The fourth-order valence-electron chi connectivity index (χ4n) is 2.74. The molecule has 3 heterocycles. The summed E-state index contributed by atoms with van der Waals surface area (Å²) in [5, 5.41) is 13.9. The number of nitro groups is 1. The standard InChI is InChI=1S/C15H19N7O2/c1-10-3-2-4-13(18-10)21-7-5-11(6-8-21)19-15-17-9-12(22(23)24)14(16)20-15/h2-4,9,11H,5-8H2,1H3,(H3,16,17,19,20). The highest BCUT2D eigenvalue weighted by Gasteiger charge is 2.22. The average Bonchev–Trinajstić information content (AvgIpc) is 2.55. The predicted molar refractivity (Wildman–Crippen MR) is 90.9 cm³/mol. The lowest BCUT2D eigenvalue weighted by Crippen LogP contribution is -2.39. The SMILES string of the molecule is Cc1cccc(N2CCC(Nc3ncc([N+](=O)[O-])c(N)n3)CC2)n1. The topological polar surface area (TPSA) is 123 Å². The number of rotatable bonds is 4. The minimum atomic E-state index is -0.591. The maximum Gasteiger partial charge on any atom is 0.329 e. The van der Waals surface area contributed by atoms with Crippen LogP contribution < -0.4 is 16.0 Å². The zero-order valence-electron chi connectivity index (χ0n) is 13.3. The van der Waals surface area contributed by atoms with Gasteiger partial charge in [0.25, 0.3) is 0 Å². The number of anilines is 3. The monoisotopic (exact) mass is 329 g/mol. The molecule has 0 radical (unpaired) electrons. The number of aryl methyl sites for hydroxylation is 1. The molecule has 2 aromatic rings. The smallest absolute Gasteiger partial charge is 0.329 e. The third-order valence-electron chi connectivity index (χ3n) is 4.02. The van der Waals surface area contributed by atoms with Crippen LogP contribution in [0.25, 0.3) is 0 Å². The van der Waals surface area contributed by atoms with E-state index < -0.39 is 4.92 Å². The Balaban J connectivity index is 1.59. The highest BCUT2D eigenvalue weighted by atomic mass is 16.6. The molecule has 9 heteroatoms. The van der Waals surface area contributed by atoms with Gasteiger partial charge in [-0.2, -0.15) is 4.98 Å². The second-order valence-corrected chi connectivity index (χ2v) is 5.76. The minimum Gasteiger partial charge on any atom is -0.378 e. The van der Waals surface area contributed by atoms with Crippen molar-refractivity contribution in [1.29, 1.82) is 0 Å². The Kier molecular flexibility index (Phi) is 4.41. The Morgan fingerprint density at radius 1 is 1.33 bits per heavy atom. The summed E-state index contributed by atoms with van der Waals surface area (Å²) >= 11 is 0. The molecule has 24 heavy (non-hydrogen) atoms. The number of nitrogens with zero attached hydrogens (tertiary/aromatic N) is 5. The van der Waals surface area contributed by atoms with Crippen molar-refractivity contribution in [3.05, 3.63) is 40.2 Å². The highest BCUT2D eigenvalue weighted by molar-refractivity contribution is 5.53. The summed E-state index contributed by atoms with van der Waals surface area (Å²) in [6.07, 6.45) is 2.93. The summed E-state index contributed by atoms with van der Waals surface area (Å²) in [5.41, 5.74) is 6.32. The normalized spacial score (nSPS) is 15.3. The molecule has 0 spiro atoms. The lowest BCUT2D eigenvalue weighted by molar-refractivity contribution is -0.384. The molecule has 1 aliphatic heterocycles. The van der Waals surface area contributed by atoms with Crippen molar-refractivity contribution in [2.24, 2.45) is 0 Å². The molecule has 0 saturated carbocycles. The fourth-order valence-corrected chi connectivity index (χ4v) is 2.74. The van der Waals surface area contributed by atoms with Crippen LogP contribution in [0.2, 0.25) is 0 Å². The van der Waals surface area contributed by atoms with E-state index in [1.165, 1.54) is 0 Å². The molecule has 0 aliphatic carbocycles. The minimum absolute atomic E-state index is 0.126. The number of piperidine rings is 1. The number of hydrogen-bond donors (Lipinski definition) is 2. The number of aromatic nitrogens is 3. The van der Waals surface area contributed by atoms with Gasteiger partial charge in [0.2, 0.25) is 11.8 Å². The number of pyridine rings is 1. The molecule has 0 atom stereocenters. The average molecular weight is 329 g/mol. The van der Waals surface area contributed by atoms with Crippen LogP contribution in [0.1, 0.15) is 18.5 Å². The van der Waals surface area contributed by atoms with Crippen molar-refractivity contribution in [3.8, 4) is 0 Å². The zero-order chi connectivity index (χ0) is 17.1. The Labute approximate surface area is 139 Å². The summed E-state index contributed by atoms with van der Waals surface area (Å²) in [4.78, 5) is 24.9. The summed E-state index contributed by atoms with van der Waals surface area (Å²) in [6, 6.07) is 6.21. The second-order valence-electron chi connectivity index (χ2n) is 5.76. The number of nitrogens with two attached hydrogens (primary N) is 1.